The minimum atomic E-state index is -3.21. The fraction of sp³-hybridized carbons (Fsp3) is 0.438. The number of rotatable bonds is 6. The maximum Gasteiger partial charge on any atom is 0.232 e. The molecular weight excluding hydrogens is 346 g/mol. The van der Waals surface area contributed by atoms with Crippen molar-refractivity contribution in [2.45, 2.75) is 19.4 Å². The van der Waals surface area contributed by atoms with Gasteiger partial charge in [-0.2, -0.15) is 0 Å². The van der Waals surface area contributed by atoms with Crippen molar-refractivity contribution in [1.29, 1.82) is 0 Å². The van der Waals surface area contributed by atoms with Crippen molar-refractivity contribution in [3.8, 4) is 11.3 Å². The number of hydrogen-bond acceptors (Lipinski definition) is 6. The van der Waals surface area contributed by atoms with Crippen LogP contribution < -0.4 is 9.62 Å². The molecule has 0 fully saturated rings. The van der Waals surface area contributed by atoms with Crippen molar-refractivity contribution in [1.82, 2.24) is 4.98 Å². The van der Waals surface area contributed by atoms with Gasteiger partial charge in [-0.15, -0.1) is 11.3 Å². The molecule has 2 heterocycles. The molecule has 2 aromatic rings. The van der Waals surface area contributed by atoms with E-state index >= 15 is 0 Å². The molecule has 1 N–H and O–H groups in total. The van der Waals surface area contributed by atoms with Crippen LogP contribution in [0, 0.1) is 0 Å². The van der Waals surface area contributed by atoms with E-state index in [2.05, 4.69) is 10.3 Å². The average molecular weight is 367 g/mol. The zero-order valence-electron chi connectivity index (χ0n) is 13.9. The van der Waals surface area contributed by atoms with E-state index in [9.17, 15) is 8.42 Å². The van der Waals surface area contributed by atoms with Crippen LogP contribution in [0.2, 0.25) is 0 Å². The highest BCUT2D eigenvalue weighted by atomic mass is 32.2. The molecule has 1 aromatic carbocycles. The molecule has 0 amide bonds. The summed E-state index contributed by atoms with van der Waals surface area (Å²) in [5, 5.41) is 6.17. The third-order valence-corrected chi connectivity index (χ3v) is 5.87. The zero-order chi connectivity index (χ0) is 17.3. The van der Waals surface area contributed by atoms with E-state index in [1.807, 2.05) is 30.5 Å². The molecule has 0 unspecified atom stereocenters. The number of thiazole rings is 1. The van der Waals surface area contributed by atoms with Crippen molar-refractivity contribution in [3.05, 3.63) is 29.1 Å². The fourth-order valence-electron chi connectivity index (χ4n) is 2.85. The summed E-state index contributed by atoms with van der Waals surface area (Å²) in [6, 6.07) is 6.04. The first-order chi connectivity index (χ1) is 11.4. The predicted octanol–water partition coefficient (Wildman–Crippen LogP) is 2.58. The maximum absolute atomic E-state index is 11.8. The van der Waals surface area contributed by atoms with Gasteiger partial charge in [0, 0.05) is 30.6 Å². The van der Waals surface area contributed by atoms with E-state index in [0.717, 1.165) is 34.1 Å². The number of benzene rings is 1. The summed E-state index contributed by atoms with van der Waals surface area (Å²) in [4.78, 5) is 4.62. The van der Waals surface area contributed by atoms with Gasteiger partial charge in [-0.3, -0.25) is 4.31 Å². The lowest BCUT2D eigenvalue weighted by molar-refractivity contribution is 0.190. The Morgan fingerprint density at radius 1 is 1.46 bits per heavy atom. The topological polar surface area (TPSA) is 71.5 Å². The Hall–Kier alpha value is -1.64. The van der Waals surface area contributed by atoms with Crippen LogP contribution in [-0.2, 0) is 21.2 Å². The number of ether oxygens (including phenoxy) is 1. The third kappa shape index (κ3) is 3.55. The van der Waals surface area contributed by atoms with E-state index in [0.29, 0.717) is 13.2 Å². The van der Waals surface area contributed by atoms with Gasteiger partial charge in [0.1, 0.15) is 0 Å². The lowest BCUT2D eigenvalue weighted by Crippen LogP contribution is -2.27. The summed E-state index contributed by atoms with van der Waals surface area (Å²) in [6.45, 7) is 3.17. The molecule has 0 saturated carbocycles. The highest BCUT2D eigenvalue weighted by molar-refractivity contribution is 7.92. The second-order valence-corrected chi connectivity index (χ2v) is 8.73. The lowest BCUT2D eigenvalue weighted by atomic mass is 10.1. The largest absolute Gasteiger partial charge is 0.383 e. The predicted molar refractivity (Wildman–Crippen MR) is 98.4 cm³/mol. The number of aromatic nitrogens is 1. The van der Waals surface area contributed by atoms with Crippen LogP contribution in [0.3, 0.4) is 0 Å². The van der Waals surface area contributed by atoms with E-state index in [1.54, 1.807) is 18.4 Å². The number of nitrogens with one attached hydrogen (secondary N) is 1. The normalized spacial score (nSPS) is 15.4. The summed E-state index contributed by atoms with van der Waals surface area (Å²) < 4.78 is 30.2. The van der Waals surface area contributed by atoms with Gasteiger partial charge < -0.3 is 10.1 Å². The Balaban J connectivity index is 1.81. The van der Waals surface area contributed by atoms with E-state index in [4.69, 9.17) is 4.74 Å². The Labute approximate surface area is 146 Å². The van der Waals surface area contributed by atoms with Crippen LogP contribution in [0.5, 0.6) is 0 Å². The number of methoxy groups -OCH3 is 1. The molecule has 3 rings (SSSR count). The van der Waals surface area contributed by atoms with Gasteiger partial charge in [0.2, 0.25) is 10.0 Å². The Morgan fingerprint density at radius 2 is 2.25 bits per heavy atom. The molecule has 1 aromatic heterocycles. The van der Waals surface area contributed by atoms with Crippen molar-refractivity contribution in [3.63, 3.8) is 0 Å². The van der Waals surface area contributed by atoms with Crippen molar-refractivity contribution >= 4 is 32.2 Å². The van der Waals surface area contributed by atoms with Crippen LogP contribution in [0.15, 0.2) is 23.6 Å². The van der Waals surface area contributed by atoms with Gasteiger partial charge in [0.25, 0.3) is 0 Å². The molecule has 8 heteroatoms. The van der Waals surface area contributed by atoms with Gasteiger partial charge in [0.05, 0.1) is 24.2 Å². The monoisotopic (exact) mass is 367 g/mol. The second-order valence-electron chi connectivity index (χ2n) is 5.97. The van der Waals surface area contributed by atoms with Crippen LogP contribution in [0.1, 0.15) is 12.5 Å². The van der Waals surface area contributed by atoms with E-state index in [1.165, 1.54) is 10.6 Å². The molecule has 130 valence electrons. The lowest BCUT2D eigenvalue weighted by Gasteiger charge is -2.16. The number of sulfonamides is 1. The zero-order valence-corrected chi connectivity index (χ0v) is 15.6. The maximum atomic E-state index is 11.8. The number of fused-ring (bicyclic) bond motifs is 1. The third-order valence-electron chi connectivity index (χ3n) is 3.92. The molecule has 0 radical (unpaired) electrons. The number of nitrogens with zero attached hydrogens (tertiary/aromatic N) is 2. The Bertz CT molecular complexity index is 833. The highest BCUT2D eigenvalue weighted by Gasteiger charge is 2.26. The van der Waals surface area contributed by atoms with E-state index < -0.39 is 10.0 Å². The summed E-state index contributed by atoms with van der Waals surface area (Å²) in [5.74, 6) is 0. The molecule has 1 aliphatic heterocycles. The molecule has 0 aliphatic carbocycles. The van der Waals surface area contributed by atoms with Crippen molar-refractivity contribution < 1.29 is 13.2 Å². The van der Waals surface area contributed by atoms with Crippen LogP contribution in [-0.4, -0.2) is 46.0 Å². The van der Waals surface area contributed by atoms with Gasteiger partial charge in [-0.05, 0) is 31.0 Å². The summed E-state index contributed by atoms with van der Waals surface area (Å²) >= 11 is 1.55. The minimum absolute atomic E-state index is 0.192. The molecule has 0 spiro atoms. The molecule has 0 saturated heterocycles. The molecular formula is C16H21N3O3S2. The first-order valence-electron chi connectivity index (χ1n) is 7.70. The first-order valence-corrected chi connectivity index (χ1v) is 10.4. The van der Waals surface area contributed by atoms with Gasteiger partial charge in [-0.25, -0.2) is 13.4 Å². The molecule has 0 bridgehead atoms. The van der Waals surface area contributed by atoms with Gasteiger partial charge in [-0.1, -0.05) is 6.07 Å². The number of anilines is 2. The smallest absolute Gasteiger partial charge is 0.232 e. The minimum Gasteiger partial charge on any atom is -0.383 e. The number of hydrogen-bond donors (Lipinski definition) is 1. The van der Waals surface area contributed by atoms with Gasteiger partial charge in [0.15, 0.2) is 5.13 Å². The molecule has 1 atom stereocenters. The summed E-state index contributed by atoms with van der Waals surface area (Å²) in [6.07, 6.45) is 1.98. The Morgan fingerprint density at radius 3 is 2.96 bits per heavy atom. The van der Waals surface area contributed by atoms with Crippen molar-refractivity contribution in [2.24, 2.45) is 0 Å². The molecule has 6 nitrogen and oxygen atoms in total. The highest BCUT2D eigenvalue weighted by Crippen LogP contribution is 2.34. The average Bonchev–Trinajstić information content (AvgIpc) is 3.12. The van der Waals surface area contributed by atoms with Crippen LogP contribution >= 0.6 is 11.3 Å². The van der Waals surface area contributed by atoms with Crippen LogP contribution in [0.25, 0.3) is 11.3 Å². The van der Waals surface area contributed by atoms with Gasteiger partial charge >= 0.3 is 0 Å². The quantitative estimate of drug-likeness (QED) is 0.850. The van der Waals surface area contributed by atoms with E-state index in [-0.39, 0.29) is 6.04 Å². The second kappa shape index (κ2) is 6.70. The summed E-state index contributed by atoms with van der Waals surface area (Å²) in [5.41, 5.74) is 3.73. The summed E-state index contributed by atoms with van der Waals surface area (Å²) in [7, 11) is -1.53. The first kappa shape index (κ1) is 17.2. The SMILES string of the molecule is COC[C@@H](C)Nc1nc(-c2ccc3c(c2)CCN3S(C)(=O)=O)cs1. The Kier molecular flexibility index (Phi) is 4.80. The standard InChI is InChI=1S/C16H21N3O3S2/c1-11(9-22-2)17-16-18-14(10-23-16)12-4-5-15-13(8-12)6-7-19(15)24(3,20)21/h4-5,8,10-11H,6-7,9H2,1-3H3,(H,17,18)/t11-/m1/s1. The van der Waals surface area contributed by atoms with Crippen LogP contribution in [0.4, 0.5) is 10.8 Å². The van der Waals surface area contributed by atoms with Crippen molar-refractivity contribution in [2.75, 3.05) is 36.1 Å². The fourth-order valence-corrected chi connectivity index (χ4v) is 4.64. The molecule has 24 heavy (non-hydrogen) atoms. The molecule has 1 aliphatic rings.